The van der Waals surface area contributed by atoms with Crippen LogP contribution >= 0.6 is 0 Å². The van der Waals surface area contributed by atoms with E-state index in [4.69, 9.17) is 0 Å². The second kappa shape index (κ2) is 6.48. The molecule has 1 rings (SSSR count). The molecule has 0 bridgehead atoms. The number of carbonyl (C=O) groups is 2. The molecule has 1 amide bonds. The Labute approximate surface area is 100 Å². The lowest BCUT2D eigenvalue weighted by molar-refractivity contribution is -0.190. The van der Waals surface area contributed by atoms with E-state index >= 15 is 0 Å². The molecule has 0 saturated heterocycles. The fourth-order valence-corrected chi connectivity index (χ4v) is 1.23. The van der Waals surface area contributed by atoms with Crippen LogP contribution in [0.2, 0.25) is 0 Å². The minimum absolute atomic E-state index is 0.193. The van der Waals surface area contributed by atoms with E-state index in [1.165, 1.54) is 14.0 Å². The molecular weight excluding hydrogens is 218 g/mol. The highest BCUT2D eigenvalue weighted by Crippen LogP contribution is 2.03. The van der Waals surface area contributed by atoms with Gasteiger partial charge in [0.05, 0.1) is 0 Å². The van der Waals surface area contributed by atoms with E-state index in [0.717, 1.165) is 10.6 Å². The largest absolute Gasteiger partial charge is 0.339 e. The molecule has 0 aliphatic carbocycles. The van der Waals surface area contributed by atoms with Gasteiger partial charge in [-0.05, 0) is 5.56 Å². The predicted molar refractivity (Wildman–Crippen MR) is 64.6 cm³/mol. The van der Waals surface area contributed by atoms with Crippen LogP contribution in [0.15, 0.2) is 36.4 Å². The molecule has 1 aromatic rings. The fraction of sp³-hybridized carbons (Fsp3) is 0.231. The molecular formula is C13H15NO3. The van der Waals surface area contributed by atoms with Crippen molar-refractivity contribution in [3.8, 4) is 0 Å². The van der Waals surface area contributed by atoms with Crippen molar-refractivity contribution in [2.24, 2.45) is 0 Å². The van der Waals surface area contributed by atoms with Crippen LogP contribution in [0.3, 0.4) is 0 Å². The summed E-state index contributed by atoms with van der Waals surface area (Å²) < 4.78 is 0. The van der Waals surface area contributed by atoms with Crippen LogP contribution in [0, 0.1) is 0 Å². The Morgan fingerprint density at radius 2 is 1.94 bits per heavy atom. The van der Waals surface area contributed by atoms with E-state index in [2.05, 4.69) is 4.84 Å². The van der Waals surface area contributed by atoms with Crippen LogP contribution in [0.4, 0.5) is 0 Å². The molecule has 0 fully saturated rings. The smallest absolute Gasteiger partial charge is 0.329 e. The summed E-state index contributed by atoms with van der Waals surface area (Å²) in [5.41, 5.74) is 1.02. The van der Waals surface area contributed by atoms with Crippen molar-refractivity contribution in [1.29, 1.82) is 0 Å². The molecule has 0 heterocycles. The SMILES string of the molecule is CC(=O)ON(C)C(=O)C/C=C/c1ccccc1. The van der Waals surface area contributed by atoms with Crippen molar-refractivity contribution in [3.63, 3.8) is 0 Å². The number of hydrogen-bond donors (Lipinski definition) is 0. The summed E-state index contributed by atoms with van der Waals surface area (Å²) >= 11 is 0. The van der Waals surface area contributed by atoms with Gasteiger partial charge in [-0.1, -0.05) is 42.5 Å². The lowest BCUT2D eigenvalue weighted by atomic mass is 10.2. The fourth-order valence-electron chi connectivity index (χ4n) is 1.23. The number of amides is 1. The molecule has 1 aromatic carbocycles. The molecule has 90 valence electrons. The first kappa shape index (κ1) is 13.0. The lowest BCUT2D eigenvalue weighted by Gasteiger charge is -2.13. The van der Waals surface area contributed by atoms with Gasteiger partial charge in [-0.2, -0.15) is 5.06 Å². The zero-order valence-electron chi connectivity index (χ0n) is 9.92. The molecule has 0 N–H and O–H groups in total. The Hall–Kier alpha value is -2.10. The molecule has 0 spiro atoms. The molecule has 0 aromatic heterocycles. The summed E-state index contributed by atoms with van der Waals surface area (Å²) in [6.45, 7) is 1.25. The Balaban J connectivity index is 2.43. The first-order chi connectivity index (χ1) is 8.09. The van der Waals surface area contributed by atoms with Gasteiger partial charge in [0.2, 0.25) is 0 Å². The second-order valence-electron chi connectivity index (χ2n) is 3.49. The third-order valence-electron chi connectivity index (χ3n) is 2.02. The summed E-state index contributed by atoms with van der Waals surface area (Å²) in [6.07, 6.45) is 3.77. The number of hydroxylamine groups is 2. The topological polar surface area (TPSA) is 46.6 Å². The summed E-state index contributed by atoms with van der Waals surface area (Å²) in [7, 11) is 1.42. The van der Waals surface area contributed by atoms with Crippen molar-refractivity contribution >= 4 is 18.0 Å². The summed E-state index contributed by atoms with van der Waals surface area (Å²) in [5.74, 6) is -0.778. The van der Waals surface area contributed by atoms with Gasteiger partial charge in [-0.25, -0.2) is 0 Å². The maximum atomic E-state index is 11.5. The van der Waals surface area contributed by atoms with Gasteiger partial charge < -0.3 is 4.84 Å². The molecule has 0 unspecified atom stereocenters. The molecule has 17 heavy (non-hydrogen) atoms. The van der Waals surface area contributed by atoms with Crippen LogP contribution in [-0.2, 0) is 14.4 Å². The number of benzene rings is 1. The molecule has 0 aliphatic rings. The highest BCUT2D eigenvalue weighted by Gasteiger charge is 2.09. The Morgan fingerprint density at radius 3 is 2.53 bits per heavy atom. The van der Waals surface area contributed by atoms with Crippen LogP contribution in [0.25, 0.3) is 6.08 Å². The third kappa shape index (κ3) is 4.97. The van der Waals surface area contributed by atoms with Crippen molar-refractivity contribution in [2.75, 3.05) is 7.05 Å². The number of nitrogens with zero attached hydrogens (tertiary/aromatic N) is 1. The standard InChI is InChI=1S/C13H15NO3/c1-11(15)17-14(2)13(16)10-6-9-12-7-4-3-5-8-12/h3-9H,10H2,1-2H3/b9-6+. The van der Waals surface area contributed by atoms with Crippen molar-refractivity contribution in [2.45, 2.75) is 13.3 Å². The minimum Gasteiger partial charge on any atom is -0.339 e. The van der Waals surface area contributed by atoms with E-state index in [0.29, 0.717) is 0 Å². The van der Waals surface area contributed by atoms with E-state index < -0.39 is 5.97 Å². The van der Waals surface area contributed by atoms with Gasteiger partial charge in [-0.3, -0.25) is 9.59 Å². The van der Waals surface area contributed by atoms with E-state index in [1.807, 2.05) is 36.4 Å². The molecule has 0 atom stereocenters. The van der Waals surface area contributed by atoms with E-state index in [9.17, 15) is 9.59 Å². The highest BCUT2D eigenvalue weighted by molar-refractivity contribution is 5.79. The van der Waals surface area contributed by atoms with Gasteiger partial charge in [0.15, 0.2) is 0 Å². The third-order valence-corrected chi connectivity index (χ3v) is 2.02. The second-order valence-corrected chi connectivity index (χ2v) is 3.49. The molecule has 0 aliphatic heterocycles. The van der Waals surface area contributed by atoms with Crippen molar-refractivity contribution in [3.05, 3.63) is 42.0 Å². The Kier molecular flexibility index (Phi) is 4.94. The summed E-state index contributed by atoms with van der Waals surface area (Å²) in [5, 5.41) is 0.942. The maximum Gasteiger partial charge on any atom is 0.329 e. The van der Waals surface area contributed by atoms with Gasteiger partial charge in [0.1, 0.15) is 0 Å². The van der Waals surface area contributed by atoms with Crippen molar-refractivity contribution < 1.29 is 14.4 Å². The Morgan fingerprint density at radius 1 is 1.29 bits per heavy atom. The quantitative estimate of drug-likeness (QED) is 0.750. The number of carbonyl (C=O) groups excluding carboxylic acids is 2. The van der Waals surface area contributed by atoms with Gasteiger partial charge >= 0.3 is 5.97 Å². The predicted octanol–water partition coefficient (Wildman–Crippen LogP) is 2.03. The Bertz CT molecular complexity index is 412. The zero-order valence-corrected chi connectivity index (χ0v) is 9.92. The van der Waals surface area contributed by atoms with Gasteiger partial charge in [0, 0.05) is 20.4 Å². The van der Waals surface area contributed by atoms with Crippen LogP contribution < -0.4 is 0 Å². The first-order valence-corrected chi connectivity index (χ1v) is 5.26. The zero-order chi connectivity index (χ0) is 12.7. The van der Waals surface area contributed by atoms with Crippen LogP contribution in [-0.4, -0.2) is 24.0 Å². The molecule has 0 radical (unpaired) electrons. The lowest BCUT2D eigenvalue weighted by Crippen LogP contribution is -2.28. The van der Waals surface area contributed by atoms with Crippen LogP contribution in [0.5, 0.6) is 0 Å². The normalized spacial score (nSPS) is 10.2. The number of hydrogen-bond acceptors (Lipinski definition) is 3. The van der Waals surface area contributed by atoms with Crippen molar-refractivity contribution in [1.82, 2.24) is 5.06 Å². The highest BCUT2D eigenvalue weighted by atomic mass is 16.7. The maximum absolute atomic E-state index is 11.5. The molecule has 4 nitrogen and oxygen atoms in total. The average molecular weight is 233 g/mol. The van der Waals surface area contributed by atoms with E-state index in [1.54, 1.807) is 6.08 Å². The summed E-state index contributed by atoms with van der Waals surface area (Å²) in [4.78, 5) is 26.7. The summed E-state index contributed by atoms with van der Waals surface area (Å²) in [6, 6.07) is 9.66. The first-order valence-electron chi connectivity index (χ1n) is 5.26. The number of rotatable bonds is 3. The molecule has 4 heteroatoms. The van der Waals surface area contributed by atoms with Gasteiger partial charge in [-0.15, -0.1) is 0 Å². The van der Waals surface area contributed by atoms with E-state index in [-0.39, 0.29) is 12.3 Å². The monoisotopic (exact) mass is 233 g/mol. The minimum atomic E-state index is -0.507. The van der Waals surface area contributed by atoms with Crippen LogP contribution in [0.1, 0.15) is 18.9 Å². The average Bonchev–Trinajstić information content (AvgIpc) is 2.29. The van der Waals surface area contributed by atoms with Gasteiger partial charge in [0.25, 0.3) is 5.91 Å². The molecule has 0 saturated carbocycles.